The van der Waals surface area contributed by atoms with Gasteiger partial charge in [0, 0.05) is 18.2 Å². The minimum absolute atomic E-state index is 0.173. The van der Waals surface area contributed by atoms with Crippen LogP contribution in [-0.2, 0) is 17.9 Å². The van der Waals surface area contributed by atoms with E-state index in [1.54, 1.807) is 25.3 Å². The van der Waals surface area contributed by atoms with E-state index in [2.05, 4.69) is 10.3 Å². The van der Waals surface area contributed by atoms with E-state index in [9.17, 15) is 14.0 Å². The lowest BCUT2D eigenvalue weighted by atomic mass is 10.1. The predicted octanol–water partition coefficient (Wildman–Crippen LogP) is 2.37. The molecule has 0 saturated heterocycles. The Labute approximate surface area is 155 Å². The molecule has 1 N–H and O–H groups in total. The second-order valence-corrected chi connectivity index (χ2v) is 5.85. The van der Waals surface area contributed by atoms with Crippen LogP contribution in [0.4, 0.5) is 4.39 Å². The van der Waals surface area contributed by atoms with Gasteiger partial charge in [-0.2, -0.15) is 0 Å². The lowest BCUT2D eigenvalue weighted by Crippen LogP contribution is -2.32. The van der Waals surface area contributed by atoms with E-state index < -0.39 is 11.4 Å². The van der Waals surface area contributed by atoms with Gasteiger partial charge in [-0.25, -0.2) is 9.37 Å². The second-order valence-electron chi connectivity index (χ2n) is 5.85. The van der Waals surface area contributed by atoms with Crippen LogP contribution >= 0.6 is 0 Å². The molecular formula is C20H18FN3O3. The first kappa shape index (κ1) is 18.3. The zero-order chi connectivity index (χ0) is 19.2. The average Bonchev–Trinajstić information content (AvgIpc) is 2.68. The zero-order valence-electron chi connectivity index (χ0n) is 14.7. The van der Waals surface area contributed by atoms with Crippen molar-refractivity contribution < 1.29 is 13.9 Å². The topological polar surface area (TPSA) is 73.2 Å². The molecule has 3 rings (SSSR count). The number of ether oxygens (including phenoxy) is 1. The Bertz CT molecular complexity index is 1020. The minimum atomic E-state index is -0.460. The standard InChI is InChI=1S/C20H18FN3O3/c1-27-15-6-4-5-14(9-15)11-22-19(25)12-24-13-23-18(10-20(24)26)16-7-2-3-8-17(16)21/h2-10,13H,11-12H2,1H3,(H,22,25). The molecule has 0 aliphatic rings. The summed E-state index contributed by atoms with van der Waals surface area (Å²) in [5.41, 5.74) is 0.915. The molecule has 0 aliphatic heterocycles. The monoisotopic (exact) mass is 367 g/mol. The van der Waals surface area contributed by atoms with Gasteiger partial charge in [-0.3, -0.25) is 14.2 Å². The molecule has 3 aromatic rings. The van der Waals surface area contributed by atoms with Crippen molar-refractivity contribution in [3.05, 3.63) is 82.7 Å². The maximum absolute atomic E-state index is 13.8. The number of halogens is 1. The largest absolute Gasteiger partial charge is 0.497 e. The molecule has 1 heterocycles. The van der Waals surface area contributed by atoms with E-state index in [1.165, 1.54) is 23.0 Å². The van der Waals surface area contributed by atoms with Crippen molar-refractivity contribution in [2.24, 2.45) is 0 Å². The second kappa shape index (κ2) is 8.27. The molecule has 6 nitrogen and oxygen atoms in total. The molecule has 2 aromatic carbocycles. The van der Waals surface area contributed by atoms with Gasteiger partial charge in [-0.1, -0.05) is 24.3 Å². The third-order valence-electron chi connectivity index (χ3n) is 3.97. The van der Waals surface area contributed by atoms with Gasteiger partial charge in [0.15, 0.2) is 0 Å². The molecule has 1 aromatic heterocycles. The van der Waals surface area contributed by atoms with Gasteiger partial charge in [0.2, 0.25) is 5.91 Å². The molecule has 0 spiro atoms. The SMILES string of the molecule is COc1cccc(CNC(=O)Cn2cnc(-c3ccccc3F)cc2=O)c1. The molecule has 27 heavy (non-hydrogen) atoms. The number of rotatable bonds is 6. The number of nitrogens with zero attached hydrogens (tertiary/aromatic N) is 2. The number of hydrogen-bond donors (Lipinski definition) is 1. The van der Waals surface area contributed by atoms with E-state index in [4.69, 9.17) is 4.74 Å². The Balaban J connectivity index is 1.66. The van der Waals surface area contributed by atoms with E-state index in [0.717, 1.165) is 5.56 Å². The number of aromatic nitrogens is 2. The summed E-state index contributed by atoms with van der Waals surface area (Å²) in [7, 11) is 1.57. The number of benzene rings is 2. The Hall–Kier alpha value is -3.48. The number of hydrogen-bond acceptors (Lipinski definition) is 4. The van der Waals surface area contributed by atoms with Gasteiger partial charge in [0.1, 0.15) is 18.1 Å². The van der Waals surface area contributed by atoms with Crippen LogP contribution < -0.4 is 15.6 Å². The Kier molecular flexibility index (Phi) is 5.61. The molecule has 0 fully saturated rings. The molecule has 0 aliphatic carbocycles. The van der Waals surface area contributed by atoms with Crippen molar-refractivity contribution in [1.29, 1.82) is 0 Å². The summed E-state index contributed by atoms with van der Waals surface area (Å²) in [6.07, 6.45) is 1.25. The molecule has 0 unspecified atom stereocenters. The van der Waals surface area contributed by atoms with Gasteiger partial charge in [0.25, 0.3) is 5.56 Å². The third kappa shape index (κ3) is 4.58. The van der Waals surface area contributed by atoms with Crippen LogP contribution in [0, 0.1) is 5.82 Å². The van der Waals surface area contributed by atoms with Gasteiger partial charge < -0.3 is 10.1 Å². The number of carbonyl (C=O) groups is 1. The molecular weight excluding hydrogens is 349 g/mol. The van der Waals surface area contributed by atoms with Crippen molar-refractivity contribution in [3.63, 3.8) is 0 Å². The molecule has 0 atom stereocenters. The number of amides is 1. The van der Waals surface area contributed by atoms with Gasteiger partial charge in [-0.15, -0.1) is 0 Å². The number of methoxy groups -OCH3 is 1. The van der Waals surface area contributed by atoms with Crippen LogP contribution in [-0.4, -0.2) is 22.6 Å². The highest BCUT2D eigenvalue weighted by molar-refractivity contribution is 5.75. The van der Waals surface area contributed by atoms with Gasteiger partial charge in [0.05, 0.1) is 19.1 Å². The lowest BCUT2D eigenvalue weighted by Gasteiger charge is -2.09. The number of nitrogens with one attached hydrogen (secondary N) is 1. The minimum Gasteiger partial charge on any atom is -0.497 e. The van der Waals surface area contributed by atoms with Crippen molar-refractivity contribution in [3.8, 4) is 17.0 Å². The fourth-order valence-electron chi connectivity index (χ4n) is 2.55. The molecule has 138 valence electrons. The Morgan fingerprint density at radius 1 is 1.19 bits per heavy atom. The summed E-state index contributed by atoms with van der Waals surface area (Å²) in [5.74, 6) is -0.0931. The molecule has 0 bridgehead atoms. The Morgan fingerprint density at radius 2 is 2.00 bits per heavy atom. The highest BCUT2D eigenvalue weighted by Crippen LogP contribution is 2.18. The van der Waals surface area contributed by atoms with Crippen molar-refractivity contribution in [1.82, 2.24) is 14.9 Å². The van der Waals surface area contributed by atoms with Crippen LogP contribution in [0.1, 0.15) is 5.56 Å². The highest BCUT2D eigenvalue weighted by Gasteiger charge is 2.09. The van der Waals surface area contributed by atoms with E-state index in [-0.39, 0.29) is 23.7 Å². The maximum atomic E-state index is 13.8. The van der Waals surface area contributed by atoms with Crippen molar-refractivity contribution >= 4 is 5.91 Å². The van der Waals surface area contributed by atoms with Crippen molar-refractivity contribution in [2.75, 3.05) is 7.11 Å². The molecule has 1 amide bonds. The first-order valence-electron chi connectivity index (χ1n) is 8.28. The predicted molar refractivity (Wildman–Crippen MR) is 98.7 cm³/mol. The zero-order valence-corrected chi connectivity index (χ0v) is 14.7. The van der Waals surface area contributed by atoms with Crippen LogP contribution in [0.5, 0.6) is 5.75 Å². The lowest BCUT2D eigenvalue weighted by molar-refractivity contribution is -0.121. The average molecular weight is 367 g/mol. The molecule has 0 radical (unpaired) electrons. The first-order valence-corrected chi connectivity index (χ1v) is 8.28. The van der Waals surface area contributed by atoms with E-state index in [1.807, 2.05) is 24.3 Å². The third-order valence-corrected chi connectivity index (χ3v) is 3.97. The summed E-state index contributed by atoms with van der Waals surface area (Å²) < 4.78 is 20.1. The molecule has 7 heteroatoms. The molecule has 0 saturated carbocycles. The maximum Gasteiger partial charge on any atom is 0.254 e. The van der Waals surface area contributed by atoms with Crippen LogP contribution in [0.25, 0.3) is 11.3 Å². The van der Waals surface area contributed by atoms with Crippen LogP contribution in [0.15, 0.2) is 65.7 Å². The smallest absolute Gasteiger partial charge is 0.254 e. The summed E-state index contributed by atoms with van der Waals surface area (Å²) in [5, 5.41) is 2.74. The fraction of sp³-hybridized carbons (Fsp3) is 0.150. The highest BCUT2D eigenvalue weighted by atomic mass is 19.1. The Morgan fingerprint density at radius 3 is 2.74 bits per heavy atom. The van der Waals surface area contributed by atoms with Crippen LogP contribution in [0.2, 0.25) is 0 Å². The first-order chi connectivity index (χ1) is 13.1. The van der Waals surface area contributed by atoms with E-state index in [0.29, 0.717) is 12.3 Å². The summed E-state index contributed by atoms with van der Waals surface area (Å²) in [6.45, 7) is 0.138. The summed E-state index contributed by atoms with van der Waals surface area (Å²) >= 11 is 0. The summed E-state index contributed by atoms with van der Waals surface area (Å²) in [6, 6.07) is 14.6. The normalized spacial score (nSPS) is 10.4. The van der Waals surface area contributed by atoms with Crippen molar-refractivity contribution in [2.45, 2.75) is 13.1 Å². The summed E-state index contributed by atoms with van der Waals surface area (Å²) in [4.78, 5) is 28.4. The fourth-order valence-corrected chi connectivity index (χ4v) is 2.55. The van der Waals surface area contributed by atoms with E-state index >= 15 is 0 Å². The van der Waals surface area contributed by atoms with Gasteiger partial charge in [-0.05, 0) is 29.8 Å². The van der Waals surface area contributed by atoms with Gasteiger partial charge >= 0.3 is 0 Å². The van der Waals surface area contributed by atoms with Crippen LogP contribution in [0.3, 0.4) is 0 Å². The number of carbonyl (C=O) groups excluding carboxylic acids is 1. The quantitative estimate of drug-likeness (QED) is 0.726.